The molecule has 8 nitrogen and oxygen atoms in total. The summed E-state index contributed by atoms with van der Waals surface area (Å²) in [5.41, 5.74) is 7.73. The van der Waals surface area contributed by atoms with E-state index in [9.17, 15) is 13.8 Å². The van der Waals surface area contributed by atoms with Gasteiger partial charge in [-0.3, -0.25) is 9.48 Å². The molecule has 1 saturated carbocycles. The number of nitrogen functional groups attached to an aromatic ring is 1. The average molecular weight is 390 g/mol. The lowest BCUT2D eigenvalue weighted by Gasteiger charge is -2.22. The summed E-state index contributed by atoms with van der Waals surface area (Å²) < 4.78 is 16.0. The van der Waals surface area contributed by atoms with Crippen molar-refractivity contribution >= 4 is 35.2 Å². The van der Waals surface area contributed by atoms with E-state index in [0.29, 0.717) is 22.3 Å². The van der Waals surface area contributed by atoms with E-state index in [-0.39, 0.29) is 36.5 Å². The van der Waals surface area contributed by atoms with Crippen LogP contribution in [0.25, 0.3) is 22.3 Å². The van der Waals surface area contributed by atoms with Gasteiger partial charge in [0, 0.05) is 17.8 Å². The van der Waals surface area contributed by atoms with Crippen molar-refractivity contribution in [1.29, 1.82) is 0 Å². The quantitative estimate of drug-likeness (QED) is 0.663. The molecule has 1 aliphatic rings. The van der Waals surface area contributed by atoms with E-state index in [4.69, 9.17) is 5.73 Å². The van der Waals surface area contributed by atoms with E-state index in [1.54, 1.807) is 23.1 Å². The maximum Gasteiger partial charge on any atom is 0.305 e. The van der Waals surface area contributed by atoms with Crippen LogP contribution in [0, 0.1) is 5.92 Å². The molecule has 0 bridgehead atoms. The number of aliphatic carboxylic acids is 1. The molecule has 3 N–H and O–H groups in total. The van der Waals surface area contributed by atoms with E-state index in [1.165, 1.54) is 10.3 Å². The lowest BCUT2D eigenvalue weighted by molar-refractivity contribution is -0.138. The highest BCUT2D eigenvalue weighted by atomic mass is 32.2. The van der Waals surface area contributed by atoms with Gasteiger partial charge in [0.25, 0.3) is 0 Å². The average Bonchev–Trinajstić information content (AvgIpc) is 3.38. The molecule has 3 aromatic heterocycles. The molecule has 0 saturated heterocycles. The van der Waals surface area contributed by atoms with Crippen molar-refractivity contribution in [2.45, 2.75) is 38.1 Å². The first-order valence-electron chi connectivity index (χ1n) is 8.76. The van der Waals surface area contributed by atoms with Crippen molar-refractivity contribution in [3.05, 3.63) is 24.8 Å². The van der Waals surface area contributed by atoms with Gasteiger partial charge in [-0.1, -0.05) is 12.8 Å². The maximum absolute atomic E-state index is 13.0. The van der Waals surface area contributed by atoms with Crippen molar-refractivity contribution in [3.63, 3.8) is 0 Å². The second kappa shape index (κ2) is 7.18. The molecule has 3 heterocycles. The fourth-order valence-electron chi connectivity index (χ4n) is 3.95. The molecule has 4 rings (SSSR count). The standard InChI is InChI=1S/C17H19FN6O2S/c18-27-24-6-5-11-15(20-9-21-17(11)24)12-8-23(22-16(12)19)13(7-14(25)26)10-3-1-2-4-10/h5-6,8-10,13H,1-4,7H2,(H2,19,22)(H,25,26). The summed E-state index contributed by atoms with van der Waals surface area (Å²) in [6, 6.07) is 1.48. The topological polar surface area (TPSA) is 112 Å². The van der Waals surface area contributed by atoms with Crippen LogP contribution in [0.3, 0.4) is 0 Å². The van der Waals surface area contributed by atoms with Gasteiger partial charge in [-0.15, -0.1) is 3.89 Å². The summed E-state index contributed by atoms with van der Waals surface area (Å²) in [5, 5.41) is 14.4. The second-order valence-corrected chi connectivity index (χ2v) is 7.32. The van der Waals surface area contributed by atoms with Crippen molar-refractivity contribution in [2.75, 3.05) is 5.73 Å². The number of carbonyl (C=O) groups is 1. The SMILES string of the molecule is Nc1nn(C(CC(=O)O)C2CCCC2)cc1-c1ncnc2c1ccn2SF. The van der Waals surface area contributed by atoms with Gasteiger partial charge in [-0.25, -0.2) is 13.9 Å². The molecule has 0 radical (unpaired) electrons. The Morgan fingerprint density at radius 1 is 1.41 bits per heavy atom. The van der Waals surface area contributed by atoms with Crippen molar-refractivity contribution in [2.24, 2.45) is 5.92 Å². The maximum atomic E-state index is 13.0. The van der Waals surface area contributed by atoms with Crippen LogP contribution in [0.15, 0.2) is 24.8 Å². The number of hydrogen-bond donors (Lipinski definition) is 2. The monoisotopic (exact) mass is 390 g/mol. The normalized spacial score (nSPS) is 16.2. The number of fused-ring (bicyclic) bond motifs is 1. The van der Waals surface area contributed by atoms with Crippen LogP contribution in [0.2, 0.25) is 0 Å². The molecule has 0 aliphatic heterocycles. The van der Waals surface area contributed by atoms with E-state index < -0.39 is 5.97 Å². The minimum atomic E-state index is -0.857. The Balaban J connectivity index is 1.76. The number of nitrogens with two attached hydrogens (primary N) is 1. The summed E-state index contributed by atoms with van der Waals surface area (Å²) in [4.78, 5) is 19.8. The summed E-state index contributed by atoms with van der Waals surface area (Å²) >= 11 is 0.0558. The van der Waals surface area contributed by atoms with Crippen LogP contribution < -0.4 is 5.73 Å². The van der Waals surface area contributed by atoms with Crippen LogP contribution in [-0.4, -0.2) is 34.8 Å². The van der Waals surface area contributed by atoms with Gasteiger partial charge in [0.1, 0.15) is 6.33 Å². The number of carboxylic acids is 1. The summed E-state index contributed by atoms with van der Waals surface area (Å²) in [7, 11) is 0. The van der Waals surface area contributed by atoms with Gasteiger partial charge in [0.05, 0.1) is 23.7 Å². The molecule has 0 amide bonds. The molecule has 1 atom stereocenters. The molecule has 1 aliphatic carbocycles. The molecule has 10 heteroatoms. The number of carboxylic acid groups (broad SMARTS) is 1. The van der Waals surface area contributed by atoms with Gasteiger partial charge in [0.15, 0.2) is 23.8 Å². The zero-order valence-electron chi connectivity index (χ0n) is 14.5. The Bertz CT molecular complexity index is 981. The van der Waals surface area contributed by atoms with E-state index in [0.717, 1.165) is 25.7 Å². The number of hydrogen-bond acceptors (Lipinski definition) is 6. The Kier molecular flexibility index (Phi) is 4.73. The molecule has 1 unspecified atom stereocenters. The highest BCUT2D eigenvalue weighted by molar-refractivity contribution is 7.92. The largest absolute Gasteiger partial charge is 0.481 e. The Labute approximate surface area is 159 Å². The third-order valence-electron chi connectivity index (χ3n) is 5.21. The van der Waals surface area contributed by atoms with E-state index >= 15 is 0 Å². The molecule has 27 heavy (non-hydrogen) atoms. The van der Waals surface area contributed by atoms with Crippen LogP contribution in [0.5, 0.6) is 0 Å². The van der Waals surface area contributed by atoms with E-state index in [2.05, 4.69) is 15.1 Å². The number of aromatic nitrogens is 5. The molecule has 0 aromatic carbocycles. The fraction of sp³-hybridized carbons (Fsp3) is 0.412. The number of halogens is 1. The smallest absolute Gasteiger partial charge is 0.305 e. The number of anilines is 1. The molecule has 3 aromatic rings. The summed E-state index contributed by atoms with van der Waals surface area (Å²) in [6.07, 6.45) is 8.86. The lowest BCUT2D eigenvalue weighted by atomic mass is 9.95. The fourth-order valence-corrected chi connectivity index (χ4v) is 4.27. The van der Waals surface area contributed by atoms with Gasteiger partial charge in [-0.2, -0.15) is 5.10 Å². The van der Waals surface area contributed by atoms with Gasteiger partial charge < -0.3 is 10.8 Å². The van der Waals surface area contributed by atoms with Crippen LogP contribution in [-0.2, 0) is 4.79 Å². The minimum Gasteiger partial charge on any atom is -0.481 e. The highest BCUT2D eigenvalue weighted by Crippen LogP contribution is 2.38. The van der Waals surface area contributed by atoms with Crippen LogP contribution in [0.1, 0.15) is 38.1 Å². The summed E-state index contributed by atoms with van der Waals surface area (Å²) in [5.74, 6) is -0.323. The lowest BCUT2D eigenvalue weighted by Crippen LogP contribution is -2.21. The van der Waals surface area contributed by atoms with Crippen LogP contribution in [0.4, 0.5) is 9.70 Å². The van der Waals surface area contributed by atoms with Gasteiger partial charge in [-0.05, 0) is 24.8 Å². The van der Waals surface area contributed by atoms with Crippen LogP contribution >= 0.6 is 12.3 Å². The predicted molar refractivity (Wildman–Crippen MR) is 101 cm³/mol. The Hall–Kier alpha value is -2.62. The molecular formula is C17H19FN6O2S. The minimum absolute atomic E-state index is 0.000715. The van der Waals surface area contributed by atoms with Crippen molar-refractivity contribution in [3.8, 4) is 11.3 Å². The van der Waals surface area contributed by atoms with Crippen molar-refractivity contribution in [1.82, 2.24) is 23.7 Å². The van der Waals surface area contributed by atoms with Crippen molar-refractivity contribution < 1.29 is 13.8 Å². The third kappa shape index (κ3) is 3.25. The molecule has 142 valence electrons. The number of rotatable bonds is 6. The molecule has 1 fully saturated rings. The van der Waals surface area contributed by atoms with Gasteiger partial charge in [0.2, 0.25) is 0 Å². The predicted octanol–water partition coefficient (Wildman–Crippen LogP) is 3.46. The Morgan fingerprint density at radius 2 is 2.19 bits per heavy atom. The van der Waals surface area contributed by atoms with E-state index in [1.807, 2.05) is 0 Å². The Morgan fingerprint density at radius 3 is 2.89 bits per heavy atom. The molecular weight excluding hydrogens is 371 g/mol. The first-order chi connectivity index (χ1) is 13.1. The highest BCUT2D eigenvalue weighted by Gasteiger charge is 2.30. The third-order valence-corrected chi connectivity index (χ3v) is 5.65. The molecule has 0 spiro atoms. The zero-order valence-corrected chi connectivity index (χ0v) is 15.3. The first kappa shape index (κ1) is 17.8. The summed E-state index contributed by atoms with van der Waals surface area (Å²) in [6.45, 7) is 0. The zero-order chi connectivity index (χ0) is 19.0. The number of nitrogens with zero attached hydrogens (tertiary/aromatic N) is 5. The first-order valence-corrected chi connectivity index (χ1v) is 9.43. The van der Waals surface area contributed by atoms with Gasteiger partial charge >= 0.3 is 5.97 Å². The second-order valence-electron chi connectivity index (χ2n) is 6.79.